The first-order valence-corrected chi connectivity index (χ1v) is 6.65. The van der Waals surface area contributed by atoms with Gasteiger partial charge in [0, 0.05) is 13.6 Å². The zero-order valence-electron chi connectivity index (χ0n) is 9.76. The van der Waals surface area contributed by atoms with Gasteiger partial charge in [-0.2, -0.15) is 11.3 Å². The van der Waals surface area contributed by atoms with Crippen molar-refractivity contribution in [3.05, 3.63) is 51.2 Å². The Kier molecular flexibility index (Phi) is 3.89. The lowest BCUT2D eigenvalue weighted by Crippen LogP contribution is -2.19. The van der Waals surface area contributed by atoms with Gasteiger partial charge in [-0.15, -0.1) is 0 Å². The number of hydrogen-bond donors (Lipinski definition) is 1. The Hall–Kier alpha value is -1.52. The molecule has 0 bridgehead atoms. The van der Waals surface area contributed by atoms with Crippen LogP contribution in [0.25, 0.3) is 0 Å². The van der Waals surface area contributed by atoms with Crippen molar-refractivity contribution in [3.8, 4) is 0 Å². The van der Waals surface area contributed by atoms with E-state index < -0.39 is 5.97 Å². The maximum atomic E-state index is 11.2. The summed E-state index contributed by atoms with van der Waals surface area (Å²) in [5.41, 5.74) is 1.91. The Balaban J connectivity index is 2.34. The van der Waals surface area contributed by atoms with E-state index in [2.05, 4.69) is 0 Å². The fourth-order valence-electron chi connectivity index (χ4n) is 1.81. The molecule has 0 atom stereocenters. The predicted molar refractivity (Wildman–Crippen MR) is 74.8 cm³/mol. The van der Waals surface area contributed by atoms with Crippen LogP contribution >= 0.6 is 22.9 Å². The van der Waals surface area contributed by atoms with Crippen molar-refractivity contribution < 1.29 is 9.90 Å². The zero-order valence-corrected chi connectivity index (χ0v) is 11.3. The van der Waals surface area contributed by atoms with Gasteiger partial charge in [0.05, 0.1) is 16.3 Å². The number of carbonyl (C=O) groups is 1. The van der Waals surface area contributed by atoms with E-state index in [0.717, 1.165) is 5.56 Å². The summed E-state index contributed by atoms with van der Waals surface area (Å²) in [5.74, 6) is -0.968. The number of thiophene rings is 1. The molecule has 3 nitrogen and oxygen atoms in total. The second-order valence-corrected chi connectivity index (χ2v) is 5.12. The fraction of sp³-hybridized carbons (Fsp3) is 0.154. The highest BCUT2D eigenvalue weighted by Crippen LogP contribution is 2.30. The number of carboxylic acids is 1. The molecule has 0 fully saturated rings. The molecule has 0 saturated carbocycles. The van der Waals surface area contributed by atoms with Gasteiger partial charge in [0.25, 0.3) is 0 Å². The lowest BCUT2D eigenvalue weighted by molar-refractivity contribution is 0.0697. The number of halogens is 1. The summed E-state index contributed by atoms with van der Waals surface area (Å²) >= 11 is 7.72. The van der Waals surface area contributed by atoms with Gasteiger partial charge in [0.2, 0.25) is 0 Å². The van der Waals surface area contributed by atoms with E-state index in [0.29, 0.717) is 17.3 Å². The third-order valence-electron chi connectivity index (χ3n) is 2.60. The monoisotopic (exact) mass is 281 g/mol. The van der Waals surface area contributed by atoms with E-state index in [1.807, 2.05) is 28.8 Å². The number of anilines is 1. The average Bonchev–Trinajstić information content (AvgIpc) is 2.81. The minimum Gasteiger partial charge on any atom is -0.478 e. The zero-order chi connectivity index (χ0) is 13.1. The Morgan fingerprint density at radius 1 is 1.44 bits per heavy atom. The van der Waals surface area contributed by atoms with Gasteiger partial charge in [-0.1, -0.05) is 17.7 Å². The Bertz CT molecular complexity index is 554. The maximum Gasteiger partial charge on any atom is 0.337 e. The van der Waals surface area contributed by atoms with Crippen molar-refractivity contribution in [2.75, 3.05) is 11.9 Å². The molecule has 0 aliphatic carbocycles. The summed E-state index contributed by atoms with van der Waals surface area (Å²) in [5, 5.41) is 13.7. The number of rotatable bonds is 4. The molecule has 1 aromatic carbocycles. The number of benzene rings is 1. The van der Waals surface area contributed by atoms with Crippen LogP contribution in [0.3, 0.4) is 0 Å². The Labute approximate surface area is 114 Å². The van der Waals surface area contributed by atoms with Crippen LogP contribution in [0, 0.1) is 0 Å². The van der Waals surface area contributed by atoms with Crippen LogP contribution in [0.4, 0.5) is 5.69 Å². The van der Waals surface area contributed by atoms with Gasteiger partial charge in [-0.3, -0.25) is 0 Å². The molecule has 2 rings (SSSR count). The molecule has 0 amide bonds. The standard InChI is InChI=1S/C13H12ClNO2S/c1-15(7-9-5-6-18-8-9)12-10(13(16)17)3-2-4-11(12)14/h2-6,8H,7H2,1H3,(H,16,17). The van der Waals surface area contributed by atoms with E-state index in [9.17, 15) is 9.90 Å². The van der Waals surface area contributed by atoms with Gasteiger partial charge in [-0.25, -0.2) is 4.79 Å². The molecule has 0 aliphatic rings. The lowest BCUT2D eigenvalue weighted by Gasteiger charge is -2.22. The van der Waals surface area contributed by atoms with Crippen molar-refractivity contribution in [2.24, 2.45) is 0 Å². The van der Waals surface area contributed by atoms with Crippen LogP contribution < -0.4 is 4.90 Å². The first kappa shape index (κ1) is 12.9. The number of nitrogens with zero attached hydrogens (tertiary/aromatic N) is 1. The first-order chi connectivity index (χ1) is 8.59. The van der Waals surface area contributed by atoms with E-state index in [1.165, 1.54) is 0 Å². The second kappa shape index (κ2) is 5.42. The quantitative estimate of drug-likeness (QED) is 0.928. The molecule has 0 radical (unpaired) electrons. The van der Waals surface area contributed by atoms with Crippen molar-refractivity contribution in [1.29, 1.82) is 0 Å². The first-order valence-electron chi connectivity index (χ1n) is 5.33. The average molecular weight is 282 g/mol. The molecular weight excluding hydrogens is 270 g/mol. The van der Waals surface area contributed by atoms with E-state index in [1.54, 1.807) is 29.5 Å². The highest BCUT2D eigenvalue weighted by molar-refractivity contribution is 7.07. The molecule has 0 unspecified atom stereocenters. The molecule has 94 valence electrons. The summed E-state index contributed by atoms with van der Waals surface area (Å²) in [6.45, 7) is 0.632. The summed E-state index contributed by atoms with van der Waals surface area (Å²) in [6.07, 6.45) is 0. The van der Waals surface area contributed by atoms with E-state index in [-0.39, 0.29) is 5.56 Å². The summed E-state index contributed by atoms with van der Waals surface area (Å²) in [4.78, 5) is 13.1. The minimum absolute atomic E-state index is 0.222. The van der Waals surface area contributed by atoms with Crippen molar-refractivity contribution in [2.45, 2.75) is 6.54 Å². The van der Waals surface area contributed by atoms with Crippen LogP contribution in [0.2, 0.25) is 5.02 Å². The number of aromatic carboxylic acids is 1. The van der Waals surface area contributed by atoms with Gasteiger partial charge in [-0.05, 0) is 34.5 Å². The smallest absolute Gasteiger partial charge is 0.337 e. The predicted octanol–water partition coefficient (Wildman–Crippen LogP) is 3.74. The molecule has 0 saturated heterocycles. The molecule has 1 heterocycles. The van der Waals surface area contributed by atoms with Gasteiger partial charge in [0.15, 0.2) is 0 Å². The summed E-state index contributed by atoms with van der Waals surface area (Å²) in [7, 11) is 1.84. The second-order valence-electron chi connectivity index (χ2n) is 3.93. The molecule has 0 aliphatic heterocycles. The minimum atomic E-state index is -0.968. The fourth-order valence-corrected chi connectivity index (χ4v) is 2.79. The van der Waals surface area contributed by atoms with Crippen LogP contribution in [-0.2, 0) is 6.54 Å². The molecule has 18 heavy (non-hydrogen) atoms. The highest BCUT2D eigenvalue weighted by atomic mass is 35.5. The van der Waals surface area contributed by atoms with Crippen LogP contribution in [0.15, 0.2) is 35.0 Å². The third kappa shape index (κ3) is 2.66. The van der Waals surface area contributed by atoms with Crippen LogP contribution in [-0.4, -0.2) is 18.1 Å². The van der Waals surface area contributed by atoms with Gasteiger partial charge >= 0.3 is 5.97 Å². The van der Waals surface area contributed by atoms with E-state index in [4.69, 9.17) is 11.6 Å². The molecule has 1 N–H and O–H groups in total. The summed E-state index contributed by atoms with van der Waals surface area (Å²) < 4.78 is 0. The normalized spacial score (nSPS) is 10.3. The van der Waals surface area contributed by atoms with Crippen molar-refractivity contribution in [3.63, 3.8) is 0 Å². The largest absolute Gasteiger partial charge is 0.478 e. The van der Waals surface area contributed by atoms with Crippen LogP contribution in [0.5, 0.6) is 0 Å². The van der Waals surface area contributed by atoms with Crippen molar-refractivity contribution in [1.82, 2.24) is 0 Å². The van der Waals surface area contributed by atoms with E-state index >= 15 is 0 Å². The van der Waals surface area contributed by atoms with Gasteiger partial charge < -0.3 is 10.0 Å². The highest BCUT2D eigenvalue weighted by Gasteiger charge is 2.16. The Morgan fingerprint density at radius 2 is 2.22 bits per heavy atom. The molecular formula is C13H12ClNO2S. The third-order valence-corrected chi connectivity index (χ3v) is 3.64. The number of carboxylic acid groups (broad SMARTS) is 1. The number of para-hydroxylation sites is 1. The molecule has 0 spiro atoms. The molecule has 5 heteroatoms. The molecule has 1 aromatic heterocycles. The van der Waals surface area contributed by atoms with Gasteiger partial charge in [0.1, 0.15) is 0 Å². The molecule has 2 aromatic rings. The van der Waals surface area contributed by atoms with Crippen molar-refractivity contribution >= 4 is 34.6 Å². The number of hydrogen-bond acceptors (Lipinski definition) is 3. The lowest BCUT2D eigenvalue weighted by atomic mass is 10.1. The maximum absolute atomic E-state index is 11.2. The SMILES string of the molecule is CN(Cc1ccsc1)c1c(Cl)cccc1C(=O)O. The topological polar surface area (TPSA) is 40.5 Å². The Morgan fingerprint density at radius 3 is 2.83 bits per heavy atom. The summed E-state index contributed by atoms with van der Waals surface area (Å²) in [6, 6.07) is 6.92. The van der Waals surface area contributed by atoms with Crippen LogP contribution in [0.1, 0.15) is 15.9 Å².